The van der Waals surface area contributed by atoms with E-state index in [4.69, 9.17) is 11.1 Å². The van der Waals surface area contributed by atoms with Gasteiger partial charge in [0.25, 0.3) is 0 Å². The molecule has 3 N–H and O–H groups in total. The molecule has 0 aliphatic carbocycles. The molecule has 1 amide bonds. The Labute approximate surface area is 79.6 Å². The van der Waals surface area contributed by atoms with Crippen LogP contribution in [0.4, 0.5) is 0 Å². The zero-order valence-corrected chi connectivity index (χ0v) is 8.63. The van der Waals surface area contributed by atoms with Crippen molar-refractivity contribution in [2.75, 3.05) is 14.1 Å². The first-order chi connectivity index (χ1) is 5.93. The number of carbonyl (C=O) groups excluding carboxylic acids is 1. The minimum atomic E-state index is -0.331. The summed E-state index contributed by atoms with van der Waals surface area (Å²) in [5.74, 6) is -0.331. The Morgan fingerprint density at radius 3 is 2.38 bits per heavy atom. The maximum atomic E-state index is 10.4. The molecule has 0 aromatic rings. The van der Waals surface area contributed by atoms with Crippen LogP contribution >= 0.6 is 0 Å². The van der Waals surface area contributed by atoms with Crippen LogP contribution < -0.4 is 5.73 Å². The van der Waals surface area contributed by atoms with Crippen molar-refractivity contribution in [3.8, 4) is 0 Å². The van der Waals surface area contributed by atoms with E-state index in [1.807, 2.05) is 14.1 Å². The quantitative estimate of drug-likeness (QED) is 0.595. The van der Waals surface area contributed by atoms with Crippen LogP contribution in [0.15, 0.2) is 0 Å². The largest absolute Gasteiger partial charge is 0.370 e. The van der Waals surface area contributed by atoms with Crippen molar-refractivity contribution in [1.29, 1.82) is 5.41 Å². The summed E-state index contributed by atoms with van der Waals surface area (Å²) in [5, 5.41) is 7.57. The van der Waals surface area contributed by atoms with Crippen molar-refractivity contribution in [2.24, 2.45) is 5.73 Å². The third kappa shape index (κ3) is 6.28. The number of rotatable bonds is 6. The molecule has 1 atom stereocenters. The van der Waals surface area contributed by atoms with Crippen LogP contribution in [0.25, 0.3) is 0 Å². The van der Waals surface area contributed by atoms with Crippen molar-refractivity contribution in [3.05, 3.63) is 0 Å². The summed E-state index contributed by atoms with van der Waals surface area (Å²) in [4.78, 5) is 12.5. The lowest BCUT2D eigenvalue weighted by Gasteiger charge is -2.19. The van der Waals surface area contributed by atoms with E-state index in [1.165, 1.54) is 0 Å². The topological polar surface area (TPSA) is 70.2 Å². The van der Waals surface area contributed by atoms with Crippen LogP contribution in [-0.4, -0.2) is 36.7 Å². The third-order valence-electron chi connectivity index (χ3n) is 2.10. The Hall–Kier alpha value is -0.900. The van der Waals surface area contributed by atoms with E-state index in [-0.39, 0.29) is 5.91 Å². The maximum absolute atomic E-state index is 10.4. The summed E-state index contributed by atoms with van der Waals surface area (Å²) in [6.45, 7) is 2.05. The number of amides is 1. The van der Waals surface area contributed by atoms with Gasteiger partial charge in [0.2, 0.25) is 5.91 Å². The van der Waals surface area contributed by atoms with Crippen LogP contribution in [0.1, 0.15) is 26.2 Å². The van der Waals surface area contributed by atoms with Crippen LogP contribution in [-0.2, 0) is 4.79 Å². The molecule has 4 nitrogen and oxygen atoms in total. The molecule has 76 valence electrons. The first-order valence-electron chi connectivity index (χ1n) is 4.44. The Morgan fingerprint density at radius 2 is 2.00 bits per heavy atom. The molecule has 13 heavy (non-hydrogen) atoms. The van der Waals surface area contributed by atoms with Gasteiger partial charge in [-0.25, -0.2) is 0 Å². The average molecular weight is 185 g/mol. The van der Waals surface area contributed by atoms with E-state index in [0.29, 0.717) is 31.0 Å². The van der Waals surface area contributed by atoms with E-state index >= 15 is 0 Å². The van der Waals surface area contributed by atoms with Gasteiger partial charge in [0, 0.05) is 24.6 Å². The molecule has 0 aliphatic rings. The first kappa shape index (κ1) is 12.1. The average Bonchev–Trinajstić information content (AvgIpc) is 2.00. The molecule has 0 unspecified atom stereocenters. The molecule has 0 bridgehead atoms. The summed E-state index contributed by atoms with van der Waals surface area (Å²) >= 11 is 0. The minimum Gasteiger partial charge on any atom is -0.370 e. The van der Waals surface area contributed by atoms with E-state index in [0.717, 1.165) is 0 Å². The van der Waals surface area contributed by atoms with E-state index in [9.17, 15) is 4.79 Å². The van der Waals surface area contributed by atoms with Crippen molar-refractivity contribution in [1.82, 2.24) is 4.90 Å². The van der Waals surface area contributed by atoms with Gasteiger partial charge in [-0.2, -0.15) is 0 Å². The van der Waals surface area contributed by atoms with Crippen LogP contribution in [0.5, 0.6) is 0 Å². The van der Waals surface area contributed by atoms with Gasteiger partial charge < -0.3 is 16.0 Å². The standard InChI is InChI=1S/C9H19N3O/c1-7(12(2)3)6-8(10)4-5-9(11)13/h7,10H,4-6H2,1-3H3,(H2,11,13)/t7-/m1/s1. The second-order valence-electron chi connectivity index (χ2n) is 3.59. The number of hydrogen-bond donors (Lipinski definition) is 2. The van der Waals surface area contributed by atoms with Gasteiger partial charge in [0.15, 0.2) is 0 Å². The number of hydrogen-bond acceptors (Lipinski definition) is 3. The molecule has 0 aliphatic heterocycles. The fraction of sp³-hybridized carbons (Fsp3) is 0.778. The van der Waals surface area contributed by atoms with Crippen molar-refractivity contribution in [3.63, 3.8) is 0 Å². The number of primary amides is 1. The van der Waals surface area contributed by atoms with Gasteiger partial charge in [0.05, 0.1) is 0 Å². The maximum Gasteiger partial charge on any atom is 0.217 e. The predicted octanol–water partition coefficient (Wildman–Crippen LogP) is 0.612. The minimum absolute atomic E-state index is 0.291. The lowest BCUT2D eigenvalue weighted by molar-refractivity contribution is -0.117. The molecule has 0 saturated carbocycles. The summed E-state index contributed by atoms with van der Waals surface area (Å²) in [6.07, 6.45) is 1.49. The lowest BCUT2D eigenvalue weighted by atomic mass is 10.1. The fourth-order valence-corrected chi connectivity index (χ4v) is 0.915. The number of nitrogens with one attached hydrogen (secondary N) is 1. The molecule has 4 heteroatoms. The molecule has 0 spiro atoms. The summed E-state index contributed by atoms with van der Waals surface area (Å²) in [6, 6.07) is 0.348. The second-order valence-corrected chi connectivity index (χ2v) is 3.59. The third-order valence-corrected chi connectivity index (χ3v) is 2.10. The molecular weight excluding hydrogens is 166 g/mol. The van der Waals surface area contributed by atoms with Gasteiger partial charge >= 0.3 is 0 Å². The smallest absolute Gasteiger partial charge is 0.217 e. The second kappa shape index (κ2) is 5.70. The molecular formula is C9H19N3O. The van der Waals surface area contributed by atoms with Crippen LogP contribution in [0.3, 0.4) is 0 Å². The first-order valence-corrected chi connectivity index (χ1v) is 4.44. The highest BCUT2D eigenvalue weighted by Crippen LogP contribution is 2.03. The summed E-state index contributed by atoms with van der Waals surface area (Å²) in [5.41, 5.74) is 5.58. The molecule has 0 rings (SSSR count). The predicted molar refractivity (Wildman–Crippen MR) is 53.9 cm³/mol. The normalized spacial score (nSPS) is 12.9. The molecule has 0 saturated heterocycles. The van der Waals surface area contributed by atoms with Crippen LogP contribution in [0.2, 0.25) is 0 Å². The molecule has 0 radical (unpaired) electrons. The fourth-order valence-electron chi connectivity index (χ4n) is 0.915. The van der Waals surface area contributed by atoms with Crippen molar-refractivity contribution < 1.29 is 4.79 Å². The van der Waals surface area contributed by atoms with E-state index < -0.39 is 0 Å². The van der Waals surface area contributed by atoms with Crippen LogP contribution in [0, 0.1) is 5.41 Å². The zero-order valence-electron chi connectivity index (χ0n) is 8.63. The number of nitrogens with zero attached hydrogens (tertiary/aromatic N) is 1. The van der Waals surface area contributed by atoms with Crippen molar-refractivity contribution >= 4 is 11.6 Å². The lowest BCUT2D eigenvalue weighted by Crippen LogP contribution is -2.27. The Morgan fingerprint density at radius 1 is 1.46 bits per heavy atom. The molecule has 0 heterocycles. The molecule has 0 fully saturated rings. The Balaban J connectivity index is 3.68. The number of nitrogens with two attached hydrogens (primary N) is 1. The van der Waals surface area contributed by atoms with E-state index in [1.54, 1.807) is 0 Å². The van der Waals surface area contributed by atoms with Gasteiger partial charge in [0.1, 0.15) is 0 Å². The Bertz CT molecular complexity index is 189. The van der Waals surface area contributed by atoms with Gasteiger partial charge in [-0.3, -0.25) is 4.79 Å². The van der Waals surface area contributed by atoms with Gasteiger partial charge in [-0.05, 0) is 27.4 Å². The highest BCUT2D eigenvalue weighted by molar-refractivity contribution is 5.86. The molecule has 0 aromatic carbocycles. The highest BCUT2D eigenvalue weighted by Gasteiger charge is 2.08. The summed E-state index contributed by atoms with van der Waals surface area (Å²) < 4.78 is 0. The Kier molecular flexibility index (Phi) is 5.30. The SMILES string of the molecule is C[C@H](CC(=N)CCC(N)=O)N(C)C. The highest BCUT2D eigenvalue weighted by atomic mass is 16.1. The summed E-state index contributed by atoms with van der Waals surface area (Å²) in [7, 11) is 3.96. The molecule has 0 aromatic heterocycles. The monoisotopic (exact) mass is 185 g/mol. The number of carbonyl (C=O) groups is 1. The van der Waals surface area contributed by atoms with Gasteiger partial charge in [-0.15, -0.1) is 0 Å². The zero-order chi connectivity index (χ0) is 10.4. The van der Waals surface area contributed by atoms with E-state index in [2.05, 4.69) is 11.8 Å². The van der Waals surface area contributed by atoms with Gasteiger partial charge in [-0.1, -0.05) is 0 Å². The van der Waals surface area contributed by atoms with Crippen molar-refractivity contribution in [2.45, 2.75) is 32.2 Å².